The van der Waals surface area contributed by atoms with Crippen LogP contribution in [0.4, 0.5) is 0 Å². The van der Waals surface area contributed by atoms with Gasteiger partial charge in [0.2, 0.25) is 0 Å². The molecule has 0 aromatic heterocycles. The Kier molecular flexibility index (Phi) is 5.67. The average Bonchev–Trinajstić information content (AvgIpc) is 2.33. The van der Waals surface area contributed by atoms with Crippen molar-refractivity contribution in [3.05, 3.63) is 0 Å². The summed E-state index contributed by atoms with van der Waals surface area (Å²) in [7, 11) is 0. The molecule has 3 nitrogen and oxygen atoms in total. The van der Waals surface area contributed by atoms with Gasteiger partial charge in [0.15, 0.2) is 0 Å². The lowest BCUT2D eigenvalue weighted by Crippen LogP contribution is -2.57. The molecule has 0 amide bonds. The zero-order chi connectivity index (χ0) is 13.8. The molecule has 0 spiro atoms. The van der Waals surface area contributed by atoms with Crippen LogP contribution < -0.4 is 5.32 Å². The number of hydrogen-bond acceptors (Lipinski definition) is 3. The number of piperazine rings is 1. The smallest absolute Gasteiger partial charge is 0.0137 e. The second-order valence-electron chi connectivity index (χ2n) is 7.12. The minimum absolute atomic E-state index is 0.715. The second-order valence-corrected chi connectivity index (χ2v) is 7.12. The Hall–Kier alpha value is -0.120. The first kappa shape index (κ1) is 15.3. The Bertz CT molecular complexity index is 257. The molecule has 112 valence electrons. The Morgan fingerprint density at radius 3 is 2.16 bits per heavy atom. The minimum atomic E-state index is 0.715. The molecule has 0 bridgehead atoms. The molecule has 1 N–H and O–H groups in total. The van der Waals surface area contributed by atoms with E-state index in [1.165, 1.54) is 52.1 Å². The van der Waals surface area contributed by atoms with Gasteiger partial charge in [-0.05, 0) is 51.6 Å². The van der Waals surface area contributed by atoms with Gasteiger partial charge in [-0.25, -0.2) is 0 Å². The highest BCUT2D eigenvalue weighted by atomic mass is 15.3. The molecular weight excluding hydrogens is 234 g/mol. The molecule has 0 radical (unpaired) electrons. The van der Waals surface area contributed by atoms with Crippen LogP contribution in [-0.2, 0) is 0 Å². The van der Waals surface area contributed by atoms with E-state index >= 15 is 0 Å². The van der Waals surface area contributed by atoms with E-state index in [1.54, 1.807) is 0 Å². The van der Waals surface area contributed by atoms with Gasteiger partial charge in [-0.1, -0.05) is 13.8 Å². The van der Waals surface area contributed by atoms with E-state index in [9.17, 15) is 0 Å². The third-order valence-electron chi connectivity index (χ3n) is 4.88. The van der Waals surface area contributed by atoms with Crippen LogP contribution in [0.1, 0.15) is 40.5 Å². The third kappa shape index (κ3) is 4.17. The zero-order valence-electron chi connectivity index (χ0n) is 13.4. The first-order valence-corrected chi connectivity index (χ1v) is 8.26. The zero-order valence-corrected chi connectivity index (χ0v) is 13.4. The van der Waals surface area contributed by atoms with Crippen molar-refractivity contribution in [1.29, 1.82) is 0 Å². The van der Waals surface area contributed by atoms with Crippen LogP contribution in [0.5, 0.6) is 0 Å². The van der Waals surface area contributed by atoms with E-state index in [4.69, 9.17) is 0 Å². The number of nitrogens with zero attached hydrogens (tertiary/aromatic N) is 2. The van der Waals surface area contributed by atoms with Crippen molar-refractivity contribution in [3.63, 3.8) is 0 Å². The summed E-state index contributed by atoms with van der Waals surface area (Å²) in [6.07, 6.45) is 2.86. The van der Waals surface area contributed by atoms with Gasteiger partial charge in [0.1, 0.15) is 0 Å². The van der Waals surface area contributed by atoms with Crippen LogP contribution in [0, 0.1) is 11.8 Å². The van der Waals surface area contributed by atoms with E-state index in [-0.39, 0.29) is 0 Å². The summed E-state index contributed by atoms with van der Waals surface area (Å²) >= 11 is 0. The number of hydrogen-bond donors (Lipinski definition) is 1. The summed E-state index contributed by atoms with van der Waals surface area (Å²) in [4.78, 5) is 5.37. The van der Waals surface area contributed by atoms with Crippen LogP contribution in [0.3, 0.4) is 0 Å². The van der Waals surface area contributed by atoms with Crippen molar-refractivity contribution in [3.8, 4) is 0 Å². The van der Waals surface area contributed by atoms with E-state index in [2.05, 4.69) is 42.8 Å². The average molecular weight is 267 g/mol. The Balaban J connectivity index is 1.68. The van der Waals surface area contributed by atoms with Crippen molar-refractivity contribution in [2.24, 2.45) is 11.8 Å². The molecule has 1 aliphatic carbocycles. The fourth-order valence-corrected chi connectivity index (χ4v) is 3.41. The predicted molar refractivity (Wildman–Crippen MR) is 82.5 cm³/mol. The topological polar surface area (TPSA) is 18.5 Å². The van der Waals surface area contributed by atoms with Gasteiger partial charge in [-0.15, -0.1) is 0 Å². The van der Waals surface area contributed by atoms with Crippen molar-refractivity contribution < 1.29 is 0 Å². The lowest BCUT2D eigenvalue weighted by molar-refractivity contribution is 0.0132. The quantitative estimate of drug-likeness (QED) is 0.794. The Morgan fingerprint density at radius 1 is 1.00 bits per heavy atom. The molecular formula is C16H33N3. The van der Waals surface area contributed by atoms with Crippen molar-refractivity contribution in [1.82, 2.24) is 15.1 Å². The summed E-state index contributed by atoms with van der Waals surface area (Å²) in [5, 5.41) is 3.65. The van der Waals surface area contributed by atoms with Crippen LogP contribution >= 0.6 is 0 Å². The Labute approximate surface area is 119 Å². The molecule has 2 atom stereocenters. The largest absolute Gasteiger partial charge is 0.316 e. The summed E-state index contributed by atoms with van der Waals surface area (Å²) in [6.45, 7) is 16.7. The van der Waals surface area contributed by atoms with Gasteiger partial charge in [0, 0.05) is 38.3 Å². The van der Waals surface area contributed by atoms with Crippen LogP contribution in [0.2, 0.25) is 0 Å². The Morgan fingerprint density at radius 2 is 1.68 bits per heavy atom. The lowest BCUT2D eigenvalue weighted by Gasteiger charge is -2.48. The molecule has 0 aromatic rings. The highest BCUT2D eigenvalue weighted by molar-refractivity contribution is 4.92. The molecule has 3 heteroatoms. The van der Waals surface area contributed by atoms with Crippen LogP contribution in [0.25, 0.3) is 0 Å². The van der Waals surface area contributed by atoms with Gasteiger partial charge < -0.3 is 5.32 Å². The predicted octanol–water partition coefficient (Wildman–Crippen LogP) is 2.04. The van der Waals surface area contributed by atoms with Crippen molar-refractivity contribution in [2.75, 3.05) is 39.3 Å². The van der Waals surface area contributed by atoms with Gasteiger partial charge in [-0.2, -0.15) is 0 Å². The molecule has 2 fully saturated rings. The van der Waals surface area contributed by atoms with Crippen molar-refractivity contribution in [2.45, 2.75) is 52.6 Å². The first-order chi connectivity index (χ1) is 9.08. The van der Waals surface area contributed by atoms with Gasteiger partial charge in [-0.3, -0.25) is 9.80 Å². The molecule has 0 aromatic carbocycles. The van der Waals surface area contributed by atoms with E-state index < -0.39 is 0 Å². The third-order valence-corrected chi connectivity index (χ3v) is 4.88. The minimum Gasteiger partial charge on any atom is -0.316 e. The molecule has 1 saturated heterocycles. The highest BCUT2D eigenvalue weighted by Gasteiger charge is 2.36. The van der Waals surface area contributed by atoms with Gasteiger partial charge >= 0.3 is 0 Å². The van der Waals surface area contributed by atoms with Crippen LogP contribution in [-0.4, -0.2) is 61.2 Å². The van der Waals surface area contributed by atoms with E-state index in [0.29, 0.717) is 6.04 Å². The standard InChI is InChI=1S/C16H33N3/c1-13(2)11-17-12-15-5-6-16(15)19-9-7-18(8-10-19)14(3)4/h13-17H,5-12H2,1-4H3. The molecule has 1 aliphatic heterocycles. The SMILES string of the molecule is CC(C)CNCC1CCC1N1CCN(C(C)C)CC1. The normalized spacial score (nSPS) is 30.0. The summed E-state index contributed by atoms with van der Waals surface area (Å²) in [6, 6.07) is 1.58. The second kappa shape index (κ2) is 7.05. The van der Waals surface area contributed by atoms with Crippen LogP contribution in [0.15, 0.2) is 0 Å². The van der Waals surface area contributed by atoms with E-state index in [1.807, 2.05) is 0 Å². The molecule has 1 saturated carbocycles. The summed E-state index contributed by atoms with van der Waals surface area (Å²) in [5.74, 6) is 1.68. The number of nitrogens with one attached hydrogen (secondary N) is 1. The number of rotatable bonds is 6. The van der Waals surface area contributed by atoms with Crippen molar-refractivity contribution >= 4 is 0 Å². The molecule has 1 heterocycles. The molecule has 2 rings (SSSR count). The lowest BCUT2D eigenvalue weighted by atomic mass is 9.78. The summed E-state index contributed by atoms with van der Waals surface area (Å²) < 4.78 is 0. The first-order valence-electron chi connectivity index (χ1n) is 8.26. The summed E-state index contributed by atoms with van der Waals surface area (Å²) in [5.41, 5.74) is 0. The monoisotopic (exact) mass is 267 g/mol. The maximum atomic E-state index is 3.65. The fraction of sp³-hybridized carbons (Fsp3) is 1.00. The molecule has 2 aliphatic rings. The maximum absolute atomic E-state index is 3.65. The highest BCUT2D eigenvalue weighted by Crippen LogP contribution is 2.32. The molecule has 2 unspecified atom stereocenters. The molecule has 19 heavy (non-hydrogen) atoms. The van der Waals surface area contributed by atoms with E-state index in [0.717, 1.165) is 17.9 Å². The fourth-order valence-electron chi connectivity index (χ4n) is 3.41. The van der Waals surface area contributed by atoms with Gasteiger partial charge in [0.05, 0.1) is 0 Å². The maximum Gasteiger partial charge on any atom is 0.0137 e. The van der Waals surface area contributed by atoms with Gasteiger partial charge in [0.25, 0.3) is 0 Å².